The first-order valence-corrected chi connectivity index (χ1v) is 5.12. The van der Waals surface area contributed by atoms with Crippen molar-refractivity contribution in [2.75, 3.05) is 0 Å². The molecule has 1 aliphatic rings. The predicted molar refractivity (Wildman–Crippen MR) is 53.7 cm³/mol. The third-order valence-electron chi connectivity index (χ3n) is 2.26. The molecule has 0 radical (unpaired) electrons. The molecule has 0 atom stereocenters. The van der Waals surface area contributed by atoms with Crippen LogP contribution < -0.4 is 0 Å². The van der Waals surface area contributed by atoms with Gasteiger partial charge in [0.25, 0.3) is 0 Å². The monoisotopic (exact) mass is 276 g/mol. The third-order valence-corrected chi connectivity index (χ3v) is 3.13. The highest BCUT2D eigenvalue weighted by atomic mass is 127. The van der Waals surface area contributed by atoms with Gasteiger partial charge in [0, 0.05) is 5.56 Å². The minimum absolute atomic E-state index is 0.798. The summed E-state index contributed by atoms with van der Waals surface area (Å²) in [6.45, 7) is 0. The maximum Gasteiger partial charge on any atom is 0.234 e. The molecule has 0 aliphatic heterocycles. The van der Waals surface area contributed by atoms with Crippen molar-refractivity contribution in [2.45, 2.75) is 25.7 Å². The number of carbonyl (C=O) groups excluding carboxylic acids is 1. The molecule has 1 heterocycles. The molecule has 4 heteroatoms. The molecule has 0 saturated heterocycles. The largest absolute Gasteiger partial charge is 0.276 e. The smallest absolute Gasteiger partial charge is 0.234 e. The van der Waals surface area contributed by atoms with Crippen LogP contribution in [0.15, 0.2) is 0 Å². The standard InChI is InChI=1S/C8H9IN2O/c9-8-6-3-1-2-4-7(6)11(5-12)10-8/h5H,1-4H2. The first kappa shape index (κ1) is 8.22. The Morgan fingerprint density at radius 1 is 1.42 bits per heavy atom. The van der Waals surface area contributed by atoms with Crippen molar-refractivity contribution in [3.8, 4) is 0 Å². The van der Waals surface area contributed by atoms with Gasteiger partial charge in [-0.2, -0.15) is 5.10 Å². The summed E-state index contributed by atoms with van der Waals surface area (Å²) < 4.78 is 2.48. The Balaban J connectivity index is 2.53. The van der Waals surface area contributed by atoms with E-state index in [0.29, 0.717) is 0 Å². The summed E-state index contributed by atoms with van der Waals surface area (Å²) in [6, 6.07) is 0. The van der Waals surface area contributed by atoms with Crippen LogP contribution in [0.5, 0.6) is 0 Å². The fourth-order valence-corrected chi connectivity index (χ4v) is 2.48. The zero-order chi connectivity index (χ0) is 8.55. The van der Waals surface area contributed by atoms with E-state index >= 15 is 0 Å². The molecule has 1 aromatic rings. The number of fused-ring (bicyclic) bond motifs is 1. The second-order valence-corrected chi connectivity index (χ2v) is 3.99. The number of hydrogen-bond donors (Lipinski definition) is 0. The van der Waals surface area contributed by atoms with E-state index in [1.54, 1.807) is 0 Å². The zero-order valence-electron chi connectivity index (χ0n) is 6.59. The highest BCUT2D eigenvalue weighted by molar-refractivity contribution is 14.1. The molecule has 0 aromatic carbocycles. The molecule has 1 aromatic heterocycles. The summed E-state index contributed by atoms with van der Waals surface area (Å²) in [4.78, 5) is 10.6. The van der Waals surface area contributed by atoms with Gasteiger partial charge < -0.3 is 0 Å². The molecule has 2 rings (SSSR count). The van der Waals surface area contributed by atoms with E-state index in [-0.39, 0.29) is 0 Å². The summed E-state index contributed by atoms with van der Waals surface area (Å²) in [5.74, 6) is 0. The summed E-state index contributed by atoms with van der Waals surface area (Å²) in [6.07, 6.45) is 5.30. The van der Waals surface area contributed by atoms with Gasteiger partial charge in [0.05, 0.1) is 5.69 Å². The lowest BCUT2D eigenvalue weighted by Gasteiger charge is -2.10. The fourth-order valence-electron chi connectivity index (χ4n) is 1.67. The van der Waals surface area contributed by atoms with E-state index in [0.717, 1.165) is 28.6 Å². The maximum absolute atomic E-state index is 10.6. The Bertz CT molecular complexity index is 319. The number of rotatable bonds is 1. The van der Waals surface area contributed by atoms with Gasteiger partial charge in [-0.05, 0) is 48.3 Å². The Morgan fingerprint density at radius 3 is 2.92 bits per heavy atom. The summed E-state index contributed by atoms with van der Waals surface area (Å²) in [7, 11) is 0. The van der Waals surface area contributed by atoms with Gasteiger partial charge in [-0.15, -0.1) is 0 Å². The van der Waals surface area contributed by atoms with Crippen LogP contribution in [0.1, 0.15) is 24.1 Å². The maximum atomic E-state index is 10.6. The van der Waals surface area contributed by atoms with E-state index < -0.39 is 0 Å². The van der Waals surface area contributed by atoms with Crippen molar-refractivity contribution in [1.29, 1.82) is 0 Å². The van der Waals surface area contributed by atoms with Gasteiger partial charge in [0.1, 0.15) is 3.70 Å². The molecule has 12 heavy (non-hydrogen) atoms. The number of carbonyl (C=O) groups is 1. The minimum Gasteiger partial charge on any atom is -0.276 e. The lowest BCUT2D eigenvalue weighted by molar-refractivity contribution is 0.534. The van der Waals surface area contributed by atoms with Crippen LogP contribution in [0.4, 0.5) is 0 Å². The SMILES string of the molecule is O=Cn1nc(I)c2c1CCCC2. The highest BCUT2D eigenvalue weighted by Crippen LogP contribution is 2.24. The number of halogens is 1. The lowest BCUT2D eigenvalue weighted by atomic mass is 9.98. The number of aromatic nitrogens is 2. The molecular formula is C8H9IN2O. The van der Waals surface area contributed by atoms with Crippen molar-refractivity contribution in [2.24, 2.45) is 0 Å². The second kappa shape index (κ2) is 3.16. The highest BCUT2D eigenvalue weighted by Gasteiger charge is 2.18. The predicted octanol–water partition coefficient (Wildman–Crippen LogP) is 1.40. The molecule has 0 saturated carbocycles. The van der Waals surface area contributed by atoms with Crippen LogP contribution in [-0.4, -0.2) is 16.2 Å². The Hall–Kier alpha value is -0.390. The van der Waals surface area contributed by atoms with Crippen LogP contribution in [0.3, 0.4) is 0 Å². The van der Waals surface area contributed by atoms with Gasteiger partial charge in [-0.1, -0.05) is 0 Å². The lowest BCUT2D eigenvalue weighted by Crippen LogP contribution is -2.08. The third kappa shape index (κ3) is 1.18. The first-order chi connectivity index (χ1) is 5.83. The average molecular weight is 276 g/mol. The van der Waals surface area contributed by atoms with E-state index in [1.165, 1.54) is 23.1 Å². The first-order valence-electron chi connectivity index (χ1n) is 4.04. The Morgan fingerprint density at radius 2 is 2.17 bits per heavy atom. The van der Waals surface area contributed by atoms with Crippen molar-refractivity contribution < 1.29 is 4.79 Å². The summed E-state index contributed by atoms with van der Waals surface area (Å²) in [5, 5.41) is 4.15. The van der Waals surface area contributed by atoms with Crippen molar-refractivity contribution in [1.82, 2.24) is 9.78 Å². The van der Waals surface area contributed by atoms with E-state index in [2.05, 4.69) is 27.7 Å². The average Bonchev–Trinajstić information content (AvgIpc) is 2.44. The molecule has 0 unspecified atom stereocenters. The molecule has 0 bridgehead atoms. The summed E-state index contributed by atoms with van der Waals surface area (Å²) >= 11 is 2.20. The number of nitrogens with zero attached hydrogens (tertiary/aromatic N) is 2. The molecule has 0 spiro atoms. The van der Waals surface area contributed by atoms with Crippen molar-refractivity contribution in [3.63, 3.8) is 0 Å². The van der Waals surface area contributed by atoms with E-state index in [1.807, 2.05) is 0 Å². The van der Waals surface area contributed by atoms with Gasteiger partial charge in [-0.3, -0.25) is 4.79 Å². The van der Waals surface area contributed by atoms with Crippen molar-refractivity contribution >= 4 is 29.0 Å². The molecule has 0 amide bonds. The molecule has 64 valence electrons. The van der Waals surface area contributed by atoms with Crippen LogP contribution in [0, 0.1) is 3.70 Å². The summed E-state index contributed by atoms with van der Waals surface area (Å²) in [5.41, 5.74) is 2.41. The normalized spacial score (nSPS) is 15.8. The van der Waals surface area contributed by atoms with Crippen LogP contribution in [0.25, 0.3) is 0 Å². The molecular weight excluding hydrogens is 267 g/mol. The quantitative estimate of drug-likeness (QED) is 0.574. The minimum atomic E-state index is 0.798. The molecule has 1 aliphatic carbocycles. The fraction of sp³-hybridized carbons (Fsp3) is 0.500. The van der Waals surface area contributed by atoms with Crippen LogP contribution in [-0.2, 0) is 17.6 Å². The van der Waals surface area contributed by atoms with Gasteiger partial charge in [0.2, 0.25) is 6.41 Å². The van der Waals surface area contributed by atoms with Crippen molar-refractivity contribution in [3.05, 3.63) is 15.0 Å². The molecule has 0 fully saturated rings. The van der Waals surface area contributed by atoms with Crippen LogP contribution in [0.2, 0.25) is 0 Å². The van der Waals surface area contributed by atoms with E-state index in [9.17, 15) is 4.79 Å². The van der Waals surface area contributed by atoms with Gasteiger partial charge in [-0.25, -0.2) is 4.68 Å². The van der Waals surface area contributed by atoms with Gasteiger partial charge in [0.15, 0.2) is 0 Å². The number of hydrogen-bond acceptors (Lipinski definition) is 2. The Labute approximate surface area is 84.3 Å². The topological polar surface area (TPSA) is 34.9 Å². The molecule has 0 N–H and O–H groups in total. The van der Waals surface area contributed by atoms with Crippen LogP contribution >= 0.6 is 22.6 Å². The molecule has 3 nitrogen and oxygen atoms in total. The van der Waals surface area contributed by atoms with E-state index in [4.69, 9.17) is 0 Å². The van der Waals surface area contributed by atoms with Gasteiger partial charge >= 0.3 is 0 Å². The zero-order valence-corrected chi connectivity index (χ0v) is 8.74. The second-order valence-electron chi connectivity index (χ2n) is 2.97. The Kier molecular flexibility index (Phi) is 2.16.